The fourth-order valence-corrected chi connectivity index (χ4v) is 3.10. The van der Waals surface area contributed by atoms with Gasteiger partial charge in [-0.15, -0.1) is 0 Å². The van der Waals surface area contributed by atoms with Crippen molar-refractivity contribution in [2.24, 2.45) is 0 Å². The van der Waals surface area contributed by atoms with Crippen molar-refractivity contribution < 1.29 is 14.3 Å². The van der Waals surface area contributed by atoms with Crippen LogP contribution in [-0.4, -0.2) is 34.6 Å². The van der Waals surface area contributed by atoms with Crippen LogP contribution < -0.4 is 10.1 Å². The Morgan fingerprint density at radius 2 is 1.87 bits per heavy atom. The molecule has 2 aromatic heterocycles. The van der Waals surface area contributed by atoms with Crippen LogP contribution in [0.3, 0.4) is 0 Å². The average molecular weight is 402 g/mol. The average Bonchev–Trinajstić information content (AvgIpc) is 3.23. The number of aromatic amines is 1. The summed E-state index contributed by atoms with van der Waals surface area (Å²) in [7, 11) is 1.37. The van der Waals surface area contributed by atoms with E-state index in [1.54, 1.807) is 6.33 Å². The molecule has 0 amide bonds. The number of benzene rings is 2. The number of ether oxygens (including phenoxy) is 2. The van der Waals surface area contributed by atoms with Crippen molar-refractivity contribution in [1.82, 2.24) is 15.0 Å². The Morgan fingerprint density at radius 1 is 1.07 bits per heavy atom. The lowest BCUT2D eigenvalue weighted by molar-refractivity contribution is -0.141. The topological polar surface area (TPSA) is 89.1 Å². The van der Waals surface area contributed by atoms with Gasteiger partial charge >= 0.3 is 5.97 Å². The van der Waals surface area contributed by atoms with Gasteiger partial charge in [0.15, 0.2) is 0 Å². The van der Waals surface area contributed by atoms with Gasteiger partial charge in [-0.3, -0.25) is 4.79 Å². The maximum absolute atomic E-state index is 11.2. The van der Waals surface area contributed by atoms with E-state index in [4.69, 9.17) is 4.74 Å². The summed E-state index contributed by atoms with van der Waals surface area (Å²) < 4.78 is 10.2. The lowest BCUT2D eigenvalue weighted by Gasteiger charge is -2.06. The number of fused-ring (bicyclic) bond motifs is 1. The summed E-state index contributed by atoms with van der Waals surface area (Å²) in [5.41, 5.74) is 3.90. The monoisotopic (exact) mass is 402 g/mol. The van der Waals surface area contributed by atoms with Crippen LogP contribution in [0.25, 0.3) is 22.3 Å². The van der Waals surface area contributed by atoms with E-state index in [1.165, 1.54) is 12.7 Å². The van der Waals surface area contributed by atoms with Crippen LogP contribution in [0.1, 0.15) is 12.0 Å². The zero-order valence-corrected chi connectivity index (χ0v) is 16.6. The molecule has 0 aliphatic rings. The molecular formula is C23H22N4O3. The van der Waals surface area contributed by atoms with Gasteiger partial charge in [-0.05, 0) is 41.5 Å². The zero-order valence-electron chi connectivity index (χ0n) is 16.6. The number of H-pyrrole nitrogens is 1. The number of hydrogen-bond donors (Lipinski definition) is 2. The number of nitrogens with zero attached hydrogens (tertiary/aromatic N) is 2. The van der Waals surface area contributed by atoms with Crippen LogP contribution in [-0.2, 0) is 16.1 Å². The lowest BCUT2D eigenvalue weighted by Crippen LogP contribution is -2.07. The fraction of sp³-hybridized carbons (Fsp3) is 0.174. The maximum Gasteiger partial charge on any atom is 0.308 e. The van der Waals surface area contributed by atoms with Crippen molar-refractivity contribution in [3.8, 4) is 17.0 Å². The first-order valence-electron chi connectivity index (χ1n) is 9.64. The molecule has 0 radical (unpaired) electrons. The van der Waals surface area contributed by atoms with Crippen molar-refractivity contribution in [3.63, 3.8) is 0 Å². The minimum atomic E-state index is -0.289. The van der Waals surface area contributed by atoms with E-state index in [1.807, 2.05) is 48.5 Å². The predicted molar refractivity (Wildman–Crippen MR) is 115 cm³/mol. The fourth-order valence-electron chi connectivity index (χ4n) is 3.10. The third-order valence-electron chi connectivity index (χ3n) is 4.70. The van der Waals surface area contributed by atoms with Crippen LogP contribution in [0.15, 0.2) is 67.0 Å². The highest BCUT2D eigenvalue weighted by Crippen LogP contribution is 2.28. The van der Waals surface area contributed by atoms with Gasteiger partial charge in [0.25, 0.3) is 0 Å². The van der Waals surface area contributed by atoms with E-state index >= 15 is 0 Å². The largest absolute Gasteiger partial charge is 0.493 e. The molecule has 0 bridgehead atoms. The molecule has 0 aliphatic heterocycles. The molecule has 2 heterocycles. The summed E-state index contributed by atoms with van der Waals surface area (Å²) in [5.74, 6) is 1.19. The second kappa shape index (κ2) is 9.09. The molecule has 0 saturated carbocycles. The first-order chi connectivity index (χ1) is 14.7. The van der Waals surface area contributed by atoms with Gasteiger partial charge in [0, 0.05) is 12.2 Å². The van der Waals surface area contributed by atoms with Crippen molar-refractivity contribution in [2.75, 3.05) is 19.0 Å². The molecule has 152 valence electrons. The Labute approximate surface area is 174 Å². The Bertz CT molecular complexity index is 1120. The summed E-state index contributed by atoms with van der Waals surface area (Å²) in [6.45, 7) is 0.968. The Balaban J connectivity index is 1.47. The molecule has 2 N–H and O–H groups in total. The number of carbonyl (C=O) groups excluding carboxylic acids is 1. The van der Waals surface area contributed by atoms with E-state index < -0.39 is 0 Å². The number of aromatic nitrogens is 3. The summed E-state index contributed by atoms with van der Waals surface area (Å²) >= 11 is 0. The molecule has 7 heteroatoms. The molecule has 0 spiro atoms. The molecule has 7 nitrogen and oxygen atoms in total. The number of anilines is 1. The van der Waals surface area contributed by atoms with Crippen LogP contribution in [0.4, 0.5) is 5.82 Å². The number of carbonyl (C=O) groups is 1. The highest BCUT2D eigenvalue weighted by molar-refractivity contribution is 5.91. The SMILES string of the molecule is COC(=O)CCOc1ccc(-c2cc3c(NCc4ccccc4)ncnc3[nH]2)cc1. The van der Waals surface area contributed by atoms with E-state index in [-0.39, 0.29) is 19.0 Å². The minimum Gasteiger partial charge on any atom is -0.493 e. The molecule has 0 fully saturated rings. The van der Waals surface area contributed by atoms with Gasteiger partial charge in [0.2, 0.25) is 0 Å². The third kappa shape index (κ3) is 4.57. The normalized spacial score (nSPS) is 10.7. The van der Waals surface area contributed by atoms with E-state index in [0.717, 1.165) is 28.1 Å². The Hall–Kier alpha value is -3.87. The van der Waals surface area contributed by atoms with E-state index in [0.29, 0.717) is 12.3 Å². The summed E-state index contributed by atoms with van der Waals surface area (Å²) in [5, 5.41) is 4.32. The van der Waals surface area contributed by atoms with E-state index in [9.17, 15) is 4.79 Å². The second-order valence-corrected chi connectivity index (χ2v) is 6.71. The quantitative estimate of drug-likeness (QED) is 0.430. The summed E-state index contributed by atoms with van der Waals surface area (Å²) in [6.07, 6.45) is 1.77. The van der Waals surface area contributed by atoms with Gasteiger partial charge in [-0.25, -0.2) is 9.97 Å². The number of nitrogens with one attached hydrogen (secondary N) is 2. The molecular weight excluding hydrogens is 380 g/mol. The lowest BCUT2D eigenvalue weighted by atomic mass is 10.1. The molecule has 0 unspecified atom stereocenters. The van der Waals surface area contributed by atoms with E-state index in [2.05, 4.69) is 37.1 Å². The van der Waals surface area contributed by atoms with Gasteiger partial charge in [-0.2, -0.15) is 0 Å². The van der Waals surface area contributed by atoms with Crippen molar-refractivity contribution in [2.45, 2.75) is 13.0 Å². The second-order valence-electron chi connectivity index (χ2n) is 6.71. The molecule has 4 aromatic rings. The number of methoxy groups -OCH3 is 1. The minimum absolute atomic E-state index is 0.220. The predicted octanol–water partition coefficient (Wildman–Crippen LogP) is 4.18. The van der Waals surface area contributed by atoms with Crippen LogP contribution in [0.2, 0.25) is 0 Å². The van der Waals surface area contributed by atoms with Crippen LogP contribution >= 0.6 is 0 Å². The van der Waals surface area contributed by atoms with Gasteiger partial charge in [0.05, 0.1) is 25.5 Å². The molecule has 30 heavy (non-hydrogen) atoms. The number of hydrogen-bond acceptors (Lipinski definition) is 6. The molecule has 4 rings (SSSR count). The first-order valence-corrected chi connectivity index (χ1v) is 9.64. The standard InChI is InChI=1S/C23H22N4O3/c1-29-21(28)11-12-30-18-9-7-17(8-10-18)20-13-19-22(25-15-26-23(19)27-20)24-14-16-5-3-2-4-6-16/h2-10,13,15H,11-12,14H2,1H3,(H2,24,25,26,27). The Morgan fingerprint density at radius 3 is 2.63 bits per heavy atom. The van der Waals surface area contributed by atoms with Crippen molar-refractivity contribution in [3.05, 3.63) is 72.6 Å². The Kier molecular flexibility index (Phi) is 5.89. The third-order valence-corrected chi connectivity index (χ3v) is 4.70. The summed E-state index contributed by atoms with van der Waals surface area (Å²) in [6, 6.07) is 19.9. The molecule has 0 aliphatic carbocycles. The summed E-state index contributed by atoms with van der Waals surface area (Å²) in [4.78, 5) is 23.2. The van der Waals surface area contributed by atoms with Crippen molar-refractivity contribution >= 4 is 22.8 Å². The highest BCUT2D eigenvalue weighted by atomic mass is 16.5. The zero-order chi connectivity index (χ0) is 20.8. The van der Waals surface area contributed by atoms with Crippen molar-refractivity contribution in [1.29, 1.82) is 0 Å². The van der Waals surface area contributed by atoms with Gasteiger partial charge < -0.3 is 19.8 Å². The highest BCUT2D eigenvalue weighted by Gasteiger charge is 2.10. The van der Waals surface area contributed by atoms with Crippen LogP contribution in [0, 0.1) is 0 Å². The van der Waals surface area contributed by atoms with Gasteiger partial charge in [0.1, 0.15) is 23.5 Å². The first kappa shape index (κ1) is 19.4. The number of esters is 1. The maximum atomic E-state index is 11.2. The smallest absolute Gasteiger partial charge is 0.308 e. The molecule has 0 atom stereocenters. The molecule has 2 aromatic carbocycles. The molecule has 0 saturated heterocycles. The van der Waals surface area contributed by atoms with Crippen LogP contribution in [0.5, 0.6) is 5.75 Å². The number of rotatable bonds is 8. The van der Waals surface area contributed by atoms with Gasteiger partial charge in [-0.1, -0.05) is 30.3 Å².